The van der Waals surface area contributed by atoms with E-state index in [4.69, 9.17) is 16.3 Å². The standard InChI is InChI=1S/C19H17ClF2N4O/c20-17-18(25-16(10-24-17)19(11-23)5-6-19)26-7-3-13(4-8-26)27-15-2-1-12(21)9-14(15)22/h1-2,9-10,13H,3-8H2. The summed E-state index contributed by atoms with van der Waals surface area (Å²) in [5, 5.41) is 9.66. The van der Waals surface area contributed by atoms with Crippen molar-refractivity contribution in [2.45, 2.75) is 37.2 Å². The van der Waals surface area contributed by atoms with Gasteiger partial charge in [-0.1, -0.05) is 11.6 Å². The van der Waals surface area contributed by atoms with E-state index in [1.165, 1.54) is 12.1 Å². The van der Waals surface area contributed by atoms with Gasteiger partial charge >= 0.3 is 0 Å². The zero-order valence-corrected chi connectivity index (χ0v) is 15.2. The molecule has 1 aliphatic heterocycles. The summed E-state index contributed by atoms with van der Waals surface area (Å²) in [6, 6.07) is 5.61. The number of aromatic nitrogens is 2. The van der Waals surface area contributed by atoms with Gasteiger partial charge in [-0.2, -0.15) is 5.26 Å². The molecule has 0 atom stereocenters. The largest absolute Gasteiger partial charge is 0.487 e. The van der Waals surface area contributed by atoms with Crippen LogP contribution in [-0.2, 0) is 5.41 Å². The van der Waals surface area contributed by atoms with Gasteiger partial charge in [0.1, 0.15) is 17.3 Å². The smallest absolute Gasteiger partial charge is 0.171 e. The summed E-state index contributed by atoms with van der Waals surface area (Å²) in [5.41, 5.74) is 0.143. The van der Waals surface area contributed by atoms with Crippen LogP contribution in [0.3, 0.4) is 0 Å². The predicted molar refractivity (Wildman–Crippen MR) is 95.8 cm³/mol. The van der Waals surface area contributed by atoms with Crippen molar-refractivity contribution >= 4 is 17.4 Å². The molecular formula is C19H17ClF2N4O. The monoisotopic (exact) mass is 390 g/mol. The Balaban J connectivity index is 1.43. The van der Waals surface area contributed by atoms with Crippen LogP contribution in [0.25, 0.3) is 0 Å². The molecule has 2 fully saturated rings. The number of halogens is 3. The SMILES string of the molecule is N#CC1(c2cnc(Cl)c(N3CCC(Oc4ccc(F)cc4F)CC3)n2)CC1. The van der Waals surface area contributed by atoms with Gasteiger partial charge in [0.05, 0.1) is 18.0 Å². The number of ether oxygens (including phenoxy) is 1. The normalized spacial score (nSPS) is 18.8. The molecule has 5 nitrogen and oxygen atoms in total. The summed E-state index contributed by atoms with van der Waals surface area (Å²) in [5.74, 6) is -0.708. The first-order valence-electron chi connectivity index (χ1n) is 8.82. The maximum Gasteiger partial charge on any atom is 0.171 e. The Morgan fingerprint density at radius 1 is 1.26 bits per heavy atom. The number of rotatable bonds is 4. The van der Waals surface area contributed by atoms with Crippen molar-refractivity contribution < 1.29 is 13.5 Å². The Kier molecular flexibility index (Phi) is 4.60. The van der Waals surface area contributed by atoms with Crippen molar-refractivity contribution in [3.05, 3.63) is 46.9 Å². The molecule has 2 aromatic rings. The second kappa shape index (κ2) is 6.93. The number of hydrogen-bond donors (Lipinski definition) is 0. The Morgan fingerprint density at radius 2 is 2.00 bits per heavy atom. The third-order valence-corrected chi connectivity index (χ3v) is 5.36. The summed E-state index contributed by atoms with van der Waals surface area (Å²) in [7, 11) is 0. The Morgan fingerprint density at radius 3 is 2.63 bits per heavy atom. The van der Waals surface area contributed by atoms with Gasteiger partial charge in [-0.15, -0.1) is 0 Å². The van der Waals surface area contributed by atoms with Gasteiger partial charge in [-0.25, -0.2) is 18.7 Å². The fraction of sp³-hybridized carbons (Fsp3) is 0.421. The lowest BCUT2D eigenvalue weighted by Gasteiger charge is -2.33. The zero-order valence-electron chi connectivity index (χ0n) is 14.5. The second-order valence-corrected chi connectivity index (χ2v) is 7.30. The maximum absolute atomic E-state index is 13.8. The highest BCUT2D eigenvalue weighted by atomic mass is 35.5. The molecule has 4 rings (SSSR count). The van der Waals surface area contributed by atoms with Crippen molar-refractivity contribution in [1.82, 2.24) is 9.97 Å². The van der Waals surface area contributed by atoms with Crippen LogP contribution in [0.15, 0.2) is 24.4 Å². The molecule has 1 aromatic carbocycles. The molecule has 1 saturated carbocycles. The molecule has 2 aliphatic rings. The highest BCUT2D eigenvalue weighted by Crippen LogP contribution is 2.47. The van der Waals surface area contributed by atoms with Crippen LogP contribution in [0.4, 0.5) is 14.6 Å². The first-order chi connectivity index (χ1) is 13.0. The molecule has 0 amide bonds. The molecule has 8 heteroatoms. The van der Waals surface area contributed by atoms with Crippen LogP contribution in [0, 0.1) is 23.0 Å². The van der Waals surface area contributed by atoms with E-state index in [-0.39, 0.29) is 11.9 Å². The lowest BCUT2D eigenvalue weighted by atomic mass is 10.1. The average Bonchev–Trinajstić information content (AvgIpc) is 3.46. The summed E-state index contributed by atoms with van der Waals surface area (Å²) in [4.78, 5) is 10.8. The van der Waals surface area contributed by atoms with E-state index in [0.717, 1.165) is 18.9 Å². The van der Waals surface area contributed by atoms with Crippen LogP contribution < -0.4 is 9.64 Å². The van der Waals surface area contributed by atoms with Gasteiger partial charge in [0.25, 0.3) is 0 Å². The maximum atomic E-state index is 13.8. The number of hydrogen-bond acceptors (Lipinski definition) is 5. The summed E-state index contributed by atoms with van der Waals surface area (Å²) in [6.07, 6.45) is 4.27. The first-order valence-corrected chi connectivity index (χ1v) is 9.19. The van der Waals surface area contributed by atoms with Crippen molar-refractivity contribution in [3.63, 3.8) is 0 Å². The van der Waals surface area contributed by atoms with Gasteiger partial charge in [-0.3, -0.25) is 0 Å². The molecule has 2 heterocycles. The number of nitrogens with zero attached hydrogens (tertiary/aromatic N) is 4. The fourth-order valence-corrected chi connectivity index (χ4v) is 3.49. The topological polar surface area (TPSA) is 62.0 Å². The van der Waals surface area contributed by atoms with Crippen LogP contribution in [0.5, 0.6) is 5.75 Å². The van der Waals surface area contributed by atoms with Crippen molar-refractivity contribution in [2.75, 3.05) is 18.0 Å². The van der Waals surface area contributed by atoms with E-state index in [1.807, 2.05) is 4.90 Å². The molecule has 1 aromatic heterocycles. The molecule has 0 N–H and O–H groups in total. The number of piperidine rings is 1. The summed E-state index contributed by atoms with van der Waals surface area (Å²) >= 11 is 6.23. The minimum absolute atomic E-state index is 0.0550. The predicted octanol–water partition coefficient (Wildman–Crippen LogP) is 4.01. The van der Waals surface area contributed by atoms with Gasteiger partial charge < -0.3 is 9.64 Å². The molecule has 1 saturated heterocycles. The molecule has 27 heavy (non-hydrogen) atoms. The van der Waals surface area contributed by atoms with E-state index in [0.29, 0.717) is 42.6 Å². The van der Waals surface area contributed by atoms with Crippen LogP contribution >= 0.6 is 11.6 Å². The molecule has 1 aliphatic carbocycles. The van der Waals surface area contributed by atoms with Crippen molar-refractivity contribution in [2.24, 2.45) is 0 Å². The minimum atomic E-state index is -0.703. The fourth-order valence-electron chi connectivity index (χ4n) is 3.28. The van der Waals surface area contributed by atoms with Gasteiger partial charge in [0.15, 0.2) is 22.5 Å². The summed E-state index contributed by atoms with van der Waals surface area (Å²) < 4.78 is 32.4. The number of benzene rings is 1. The molecular weight excluding hydrogens is 374 g/mol. The van der Waals surface area contributed by atoms with E-state index in [9.17, 15) is 14.0 Å². The van der Waals surface area contributed by atoms with Gasteiger partial charge in [0.2, 0.25) is 0 Å². The van der Waals surface area contributed by atoms with Gasteiger partial charge in [-0.05, 0) is 25.0 Å². The van der Waals surface area contributed by atoms with Crippen LogP contribution in [-0.4, -0.2) is 29.2 Å². The average molecular weight is 391 g/mol. The third kappa shape index (κ3) is 3.54. The zero-order chi connectivity index (χ0) is 19.0. The van der Waals surface area contributed by atoms with E-state index >= 15 is 0 Å². The molecule has 0 bridgehead atoms. The minimum Gasteiger partial charge on any atom is -0.487 e. The van der Waals surface area contributed by atoms with Gasteiger partial charge in [0, 0.05) is 32.0 Å². The van der Waals surface area contributed by atoms with E-state index in [1.54, 1.807) is 6.20 Å². The molecule has 140 valence electrons. The van der Waals surface area contributed by atoms with Crippen molar-refractivity contribution in [3.8, 4) is 11.8 Å². The molecule has 0 spiro atoms. The Hall–Kier alpha value is -2.46. The molecule has 0 unspecified atom stereocenters. The van der Waals surface area contributed by atoms with Crippen LogP contribution in [0.2, 0.25) is 5.15 Å². The van der Waals surface area contributed by atoms with E-state index in [2.05, 4.69) is 16.0 Å². The van der Waals surface area contributed by atoms with E-state index < -0.39 is 17.0 Å². The van der Waals surface area contributed by atoms with Crippen molar-refractivity contribution in [1.29, 1.82) is 5.26 Å². The summed E-state index contributed by atoms with van der Waals surface area (Å²) in [6.45, 7) is 1.23. The third-order valence-electron chi connectivity index (χ3n) is 5.09. The quantitative estimate of drug-likeness (QED) is 0.789. The number of anilines is 1. The lowest BCUT2D eigenvalue weighted by molar-refractivity contribution is 0.163. The highest BCUT2D eigenvalue weighted by molar-refractivity contribution is 6.31. The Labute approximate surface area is 160 Å². The molecule has 0 radical (unpaired) electrons. The highest BCUT2D eigenvalue weighted by Gasteiger charge is 2.47. The second-order valence-electron chi connectivity index (χ2n) is 6.94. The van der Waals surface area contributed by atoms with Crippen LogP contribution in [0.1, 0.15) is 31.4 Å². The first kappa shape index (κ1) is 17.9. The number of nitriles is 1. The lowest BCUT2D eigenvalue weighted by Crippen LogP contribution is -2.39. The Bertz CT molecular complexity index is 905.